The first-order chi connectivity index (χ1) is 14.6. The minimum Gasteiger partial charge on any atom is -0.493 e. The minimum atomic E-state index is -0.221. The number of anilines is 1. The van der Waals surface area contributed by atoms with Gasteiger partial charge in [0, 0.05) is 24.8 Å². The highest BCUT2D eigenvalue weighted by molar-refractivity contribution is 5.89. The summed E-state index contributed by atoms with van der Waals surface area (Å²) >= 11 is 0. The molecule has 0 aromatic heterocycles. The summed E-state index contributed by atoms with van der Waals surface area (Å²) in [6.07, 6.45) is 3.04. The van der Waals surface area contributed by atoms with E-state index < -0.39 is 0 Å². The number of nitrogens with one attached hydrogen (secondary N) is 2. The fourth-order valence-electron chi connectivity index (χ4n) is 3.68. The van der Waals surface area contributed by atoms with E-state index in [1.165, 1.54) is 12.1 Å². The van der Waals surface area contributed by atoms with Crippen LogP contribution in [0, 0.1) is 11.7 Å². The quantitative estimate of drug-likeness (QED) is 0.686. The second-order valence-corrected chi connectivity index (χ2v) is 7.57. The number of ether oxygens (including phenoxy) is 2. The zero-order valence-corrected chi connectivity index (χ0v) is 17.6. The number of hydrogen-bond acceptors (Lipinski definition) is 4. The number of amides is 2. The van der Waals surface area contributed by atoms with E-state index in [0.717, 1.165) is 44.5 Å². The number of rotatable bonds is 8. The van der Waals surface area contributed by atoms with E-state index in [1.807, 2.05) is 12.1 Å². The molecule has 2 amide bonds. The second-order valence-electron chi connectivity index (χ2n) is 7.57. The molecule has 0 aliphatic carbocycles. The highest BCUT2D eigenvalue weighted by Gasteiger charge is 2.19. The van der Waals surface area contributed by atoms with Gasteiger partial charge in [-0.2, -0.15) is 0 Å². The predicted molar refractivity (Wildman–Crippen MR) is 116 cm³/mol. The van der Waals surface area contributed by atoms with Gasteiger partial charge in [0.1, 0.15) is 5.82 Å². The Morgan fingerprint density at radius 3 is 2.43 bits per heavy atom. The Labute approximate surface area is 177 Å². The third kappa shape index (κ3) is 6.35. The van der Waals surface area contributed by atoms with Gasteiger partial charge in [-0.1, -0.05) is 12.1 Å². The third-order valence-corrected chi connectivity index (χ3v) is 5.53. The number of methoxy groups -OCH3 is 2. The van der Waals surface area contributed by atoms with Crippen LogP contribution in [0.3, 0.4) is 0 Å². The monoisotopic (exact) mass is 415 g/mol. The first-order valence-corrected chi connectivity index (χ1v) is 10.3. The van der Waals surface area contributed by atoms with E-state index in [1.54, 1.807) is 32.4 Å². The van der Waals surface area contributed by atoms with Crippen molar-refractivity contribution in [2.45, 2.75) is 19.3 Å². The van der Waals surface area contributed by atoms with Crippen molar-refractivity contribution in [2.75, 3.05) is 45.7 Å². The molecule has 0 radical (unpaired) electrons. The lowest BCUT2D eigenvalue weighted by Gasteiger charge is -2.32. The molecular formula is C23H30FN3O3. The van der Waals surface area contributed by atoms with E-state index in [0.29, 0.717) is 29.6 Å². The molecule has 0 atom stereocenters. The fourth-order valence-corrected chi connectivity index (χ4v) is 3.68. The molecule has 1 fully saturated rings. The van der Waals surface area contributed by atoms with Crippen molar-refractivity contribution in [3.05, 3.63) is 53.8 Å². The van der Waals surface area contributed by atoms with Crippen LogP contribution in [0.1, 0.15) is 18.4 Å². The van der Waals surface area contributed by atoms with E-state index in [-0.39, 0.29) is 11.8 Å². The maximum Gasteiger partial charge on any atom is 0.319 e. The summed E-state index contributed by atoms with van der Waals surface area (Å²) in [5.74, 6) is 1.48. The Balaban J connectivity index is 1.36. The van der Waals surface area contributed by atoms with Crippen LogP contribution in [0.15, 0.2) is 42.5 Å². The van der Waals surface area contributed by atoms with Gasteiger partial charge in [-0.25, -0.2) is 9.18 Å². The summed E-state index contributed by atoms with van der Waals surface area (Å²) in [5, 5.41) is 5.80. The molecule has 30 heavy (non-hydrogen) atoms. The molecule has 3 rings (SSSR count). The summed E-state index contributed by atoms with van der Waals surface area (Å²) in [6, 6.07) is 11.8. The molecule has 0 unspecified atom stereocenters. The van der Waals surface area contributed by atoms with Gasteiger partial charge in [0.05, 0.1) is 14.2 Å². The summed E-state index contributed by atoms with van der Waals surface area (Å²) < 4.78 is 23.5. The molecular weight excluding hydrogens is 385 g/mol. The van der Waals surface area contributed by atoms with Gasteiger partial charge < -0.3 is 25.0 Å². The van der Waals surface area contributed by atoms with Gasteiger partial charge in [0.15, 0.2) is 11.5 Å². The van der Waals surface area contributed by atoms with Gasteiger partial charge in [-0.05, 0) is 68.1 Å². The maximum atomic E-state index is 13.0. The van der Waals surface area contributed by atoms with Gasteiger partial charge >= 0.3 is 6.03 Å². The van der Waals surface area contributed by atoms with Crippen molar-refractivity contribution >= 4 is 11.7 Å². The number of carbonyl (C=O) groups is 1. The Morgan fingerprint density at radius 1 is 1.07 bits per heavy atom. The fraction of sp³-hybridized carbons (Fsp3) is 0.435. The van der Waals surface area contributed by atoms with Gasteiger partial charge in [0.2, 0.25) is 0 Å². The number of hydrogen-bond donors (Lipinski definition) is 2. The second kappa shape index (κ2) is 10.8. The largest absolute Gasteiger partial charge is 0.493 e. The summed E-state index contributed by atoms with van der Waals surface area (Å²) in [7, 11) is 3.14. The molecule has 7 heteroatoms. The zero-order valence-electron chi connectivity index (χ0n) is 17.6. The van der Waals surface area contributed by atoms with E-state index in [9.17, 15) is 9.18 Å². The van der Waals surface area contributed by atoms with Crippen molar-refractivity contribution in [3.63, 3.8) is 0 Å². The van der Waals surface area contributed by atoms with E-state index >= 15 is 0 Å². The highest BCUT2D eigenvalue weighted by Crippen LogP contribution is 2.29. The summed E-state index contributed by atoms with van der Waals surface area (Å²) in [4.78, 5) is 14.7. The average Bonchev–Trinajstić information content (AvgIpc) is 2.78. The number of carbonyl (C=O) groups excluding carboxylic acids is 1. The first-order valence-electron chi connectivity index (χ1n) is 10.3. The number of halogens is 1. The van der Waals surface area contributed by atoms with Gasteiger partial charge in [-0.3, -0.25) is 0 Å². The molecule has 2 aromatic carbocycles. The molecule has 1 aliphatic heterocycles. The number of nitrogens with zero attached hydrogens (tertiary/aromatic N) is 1. The molecule has 162 valence electrons. The topological polar surface area (TPSA) is 62.8 Å². The van der Waals surface area contributed by atoms with Gasteiger partial charge in [-0.15, -0.1) is 0 Å². The minimum absolute atomic E-state index is 0.192. The molecule has 6 nitrogen and oxygen atoms in total. The van der Waals surface area contributed by atoms with Crippen LogP contribution < -0.4 is 20.1 Å². The van der Waals surface area contributed by atoms with Crippen LogP contribution in [0.25, 0.3) is 0 Å². The smallest absolute Gasteiger partial charge is 0.319 e. The normalized spacial score (nSPS) is 14.9. The van der Waals surface area contributed by atoms with Crippen LogP contribution in [-0.2, 0) is 6.42 Å². The van der Waals surface area contributed by atoms with Crippen molar-refractivity contribution < 1.29 is 18.7 Å². The zero-order chi connectivity index (χ0) is 21.3. The Kier molecular flexibility index (Phi) is 7.90. The molecule has 0 bridgehead atoms. The van der Waals surface area contributed by atoms with E-state index in [4.69, 9.17) is 9.47 Å². The summed E-state index contributed by atoms with van der Waals surface area (Å²) in [6.45, 7) is 3.67. The predicted octanol–water partition coefficient (Wildman–Crippen LogP) is 3.92. The van der Waals surface area contributed by atoms with Gasteiger partial charge in [0.25, 0.3) is 0 Å². The molecule has 1 aliphatic rings. The van der Waals surface area contributed by atoms with Crippen molar-refractivity contribution in [1.29, 1.82) is 0 Å². The standard InChI is InChI=1S/C23H30FN3O3/c1-29-21-8-7-20(15-22(21)30-2)26-23(28)25-16-18-10-13-27(14-11-18)12-9-17-3-5-19(24)6-4-17/h3-8,15,18H,9-14,16H2,1-2H3,(H2,25,26,28). The lowest BCUT2D eigenvalue weighted by molar-refractivity contribution is 0.184. The van der Waals surface area contributed by atoms with Crippen LogP contribution in [0.2, 0.25) is 0 Å². The molecule has 0 spiro atoms. The molecule has 0 saturated carbocycles. The number of piperidine rings is 1. The average molecular weight is 416 g/mol. The number of urea groups is 1. The molecule has 2 aromatic rings. The first kappa shape index (κ1) is 21.9. The molecule has 1 saturated heterocycles. The molecule has 1 heterocycles. The maximum absolute atomic E-state index is 13.0. The van der Waals surface area contributed by atoms with Crippen LogP contribution in [-0.4, -0.2) is 51.3 Å². The lowest BCUT2D eigenvalue weighted by atomic mass is 9.96. The van der Waals surface area contributed by atoms with Crippen molar-refractivity contribution in [3.8, 4) is 11.5 Å². The lowest BCUT2D eigenvalue weighted by Crippen LogP contribution is -2.40. The highest BCUT2D eigenvalue weighted by atomic mass is 19.1. The van der Waals surface area contributed by atoms with Crippen LogP contribution in [0.4, 0.5) is 14.9 Å². The third-order valence-electron chi connectivity index (χ3n) is 5.53. The van der Waals surface area contributed by atoms with E-state index in [2.05, 4.69) is 15.5 Å². The number of benzene rings is 2. The summed E-state index contributed by atoms with van der Waals surface area (Å²) in [5.41, 5.74) is 1.81. The van der Waals surface area contributed by atoms with Crippen LogP contribution >= 0.6 is 0 Å². The number of likely N-dealkylation sites (tertiary alicyclic amines) is 1. The van der Waals surface area contributed by atoms with Crippen molar-refractivity contribution in [1.82, 2.24) is 10.2 Å². The SMILES string of the molecule is COc1ccc(NC(=O)NCC2CCN(CCc3ccc(F)cc3)CC2)cc1OC. The molecule has 2 N–H and O–H groups in total. The Bertz CT molecular complexity index is 821. The van der Waals surface area contributed by atoms with Crippen LogP contribution in [0.5, 0.6) is 11.5 Å². The Hall–Kier alpha value is -2.80. The van der Waals surface area contributed by atoms with Crippen molar-refractivity contribution in [2.24, 2.45) is 5.92 Å². The Morgan fingerprint density at radius 2 is 1.77 bits per heavy atom.